The van der Waals surface area contributed by atoms with Gasteiger partial charge in [0.05, 0.1) is 17.6 Å². The highest BCUT2D eigenvalue weighted by molar-refractivity contribution is 5.75. The topological polar surface area (TPSA) is 34.9 Å². The SMILES string of the molecule is CCC(c1ccccc1)c1nc2ccccc2n(Cc2ccccc2)c1=O. The number of benzene rings is 3. The van der Waals surface area contributed by atoms with Gasteiger partial charge >= 0.3 is 0 Å². The van der Waals surface area contributed by atoms with Gasteiger partial charge in [0.15, 0.2) is 0 Å². The molecule has 1 atom stereocenters. The highest BCUT2D eigenvalue weighted by Crippen LogP contribution is 2.25. The Bertz CT molecular complexity index is 1100. The number of aromatic nitrogens is 2. The van der Waals surface area contributed by atoms with Crippen molar-refractivity contribution in [3.63, 3.8) is 0 Å². The van der Waals surface area contributed by atoms with Gasteiger partial charge in [0, 0.05) is 5.92 Å². The van der Waals surface area contributed by atoms with Gasteiger partial charge in [-0.3, -0.25) is 4.79 Å². The predicted molar refractivity (Wildman–Crippen MR) is 110 cm³/mol. The summed E-state index contributed by atoms with van der Waals surface area (Å²) in [6.07, 6.45) is 0.829. The molecule has 3 nitrogen and oxygen atoms in total. The smallest absolute Gasteiger partial charge is 0.273 e. The minimum absolute atomic E-state index is 0.00624. The molecule has 0 radical (unpaired) electrons. The van der Waals surface area contributed by atoms with Gasteiger partial charge in [-0.25, -0.2) is 4.98 Å². The van der Waals surface area contributed by atoms with Crippen molar-refractivity contribution >= 4 is 11.0 Å². The second-order valence-corrected chi connectivity index (χ2v) is 6.73. The summed E-state index contributed by atoms with van der Waals surface area (Å²) < 4.78 is 1.86. The van der Waals surface area contributed by atoms with Gasteiger partial charge in [-0.15, -0.1) is 0 Å². The number of hydrogen-bond donors (Lipinski definition) is 0. The molecule has 1 aromatic heterocycles. The maximum absolute atomic E-state index is 13.5. The zero-order valence-corrected chi connectivity index (χ0v) is 15.4. The zero-order valence-electron chi connectivity index (χ0n) is 15.4. The highest BCUT2D eigenvalue weighted by Gasteiger charge is 2.20. The first-order valence-corrected chi connectivity index (χ1v) is 9.36. The summed E-state index contributed by atoms with van der Waals surface area (Å²) in [7, 11) is 0. The molecule has 3 heteroatoms. The van der Waals surface area contributed by atoms with Crippen LogP contribution in [-0.2, 0) is 6.54 Å². The summed E-state index contributed by atoms with van der Waals surface area (Å²) >= 11 is 0. The Morgan fingerprint density at radius 3 is 2.19 bits per heavy atom. The van der Waals surface area contributed by atoms with Gasteiger partial charge < -0.3 is 4.57 Å². The van der Waals surface area contributed by atoms with Crippen LogP contribution in [0.5, 0.6) is 0 Å². The molecule has 0 aliphatic rings. The van der Waals surface area contributed by atoms with Crippen molar-refractivity contribution in [2.45, 2.75) is 25.8 Å². The molecule has 1 unspecified atom stereocenters. The number of rotatable bonds is 5. The predicted octanol–water partition coefficient (Wildman–Crippen LogP) is 4.99. The minimum Gasteiger partial charge on any atom is -0.301 e. The van der Waals surface area contributed by atoms with E-state index < -0.39 is 0 Å². The summed E-state index contributed by atoms with van der Waals surface area (Å²) in [6.45, 7) is 2.65. The van der Waals surface area contributed by atoms with Crippen LogP contribution in [-0.4, -0.2) is 9.55 Å². The van der Waals surface area contributed by atoms with Crippen LogP contribution in [0.1, 0.15) is 36.1 Å². The highest BCUT2D eigenvalue weighted by atomic mass is 16.1. The lowest BCUT2D eigenvalue weighted by Gasteiger charge is -2.18. The molecule has 134 valence electrons. The van der Waals surface area contributed by atoms with Gasteiger partial charge in [0.25, 0.3) is 5.56 Å². The summed E-state index contributed by atoms with van der Waals surface area (Å²) in [6, 6.07) is 28.2. The molecule has 0 aliphatic carbocycles. The summed E-state index contributed by atoms with van der Waals surface area (Å²) in [5.74, 6) is -0.00895. The Morgan fingerprint density at radius 2 is 1.48 bits per heavy atom. The van der Waals surface area contributed by atoms with E-state index >= 15 is 0 Å². The van der Waals surface area contributed by atoms with Crippen LogP contribution in [0.4, 0.5) is 0 Å². The molecule has 0 N–H and O–H groups in total. The van der Waals surface area contributed by atoms with Gasteiger partial charge in [0.2, 0.25) is 0 Å². The molecule has 4 aromatic rings. The molecular weight excluding hydrogens is 332 g/mol. The third-order valence-corrected chi connectivity index (χ3v) is 5.00. The van der Waals surface area contributed by atoms with E-state index in [0.29, 0.717) is 12.2 Å². The van der Waals surface area contributed by atoms with Gasteiger partial charge in [0.1, 0.15) is 5.69 Å². The van der Waals surface area contributed by atoms with E-state index in [2.05, 4.69) is 31.2 Å². The molecular formula is C24H22N2O. The molecule has 0 saturated heterocycles. The molecule has 27 heavy (non-hydrogen) atoms. The molecule has 0 spiro atoms. The second kappa shape index (κ2) is 7.58. The van der Waals surface area contributed by atoms with Crippen molar-refractivity contribution in [3.05, 3.63) is 112 Å². The minimum atomic E-state index is -0.00895. The van der Waals surface area contributed by atoms with E-state index in [9.17, 15) is 4.79 Å². The van der Waals surface area contributed by atoms with E-state index in [1.54, 1.807) is 0 Å². The molecule has 4 rings (SSSR count). The molecule has 0 saturated carbocycles. The molecule has 0 aliphatic heterocycles. The van der Waals surface area contributed by atoms with Gasteiger partial charge in [-0.2, -0.15) is 0 Å². The van der Waals surface area contributed by atoms with Crippen LogP contribution in [0.15, 0.2) is 89.7 Å². The largest absolute Gasteiger partial charge is 0.301 e. The molecule has 3 aromatic carbocycles. The molecule has 0 bridgehead atoms. The lowest BCUT2D eigenvalue weighted by atomic mass is 9.93. The monoisotopic (exact) mass is 354 g/mol. The Kier molecular flexibility index (Phi) is 4.84. The maximum Gasteiger partial charge on any atom is 0.273 e. The van der Waals surface area contributed by atoms with Gasteiger partial charge in [-0.05, 0) is 29.7 Å². The van der Waals surface area contributed by atoms with Crippen molar-refractivity contribution in [1.82, 2.24) is 9.55 Å². The van der Waals surface area contributed by atoms with Crippen molar-refractivity contribution in [2.75, 3.05) is 0 Å². The Labute approximate surface area is 158 Å². The second-order valence-electron chi connectivity index (χ2n) is 6.73. The Balaban J connectivity index is 1.92. The van der Waals surface area contributed by atoms with E-state index in [1.165, 1.54) is 0 Å². The fraction of sp³-hybridized carbons (Fsp3) is 0.167. The van der Waals surface area contributed by atoms with Crippen LogP contribution < -0.4 is 5.56 Å². The van der Waals surface area contributed by atoms with E-state index in [-0.39, 0.29) is 11.5 Å². The average Bonchev–Trinajstić information content (AvgIpc) is 2.73. The van der Waals surface area contributed by atoms with Crippen molar-refractivity contribution in [2.24, 2.45) is 0 Å². The third kappa shape index (κ3) is 3.41. The zero-order chi connectivity index (χ0) is 18.6. The Hall–Kier alpha value is -3.20. The van der Waals surface area contributed by atoms with Crippen molar-refractivity contribution in [3.8, 4) is 0 Å². The quantitative estimate of drug-likeness (QED) is 0.506. The van der Waals surface area contributed by atoms with Crippen LogP contribution in [0.25, 0.3) is 11.0 Å². The van der Waals surface area contributed by atoms with Crippen LogP contribution in [0, 0.1) is 0 Å². The van der Waals surface area contributed by atoms with Crippen LogP contribution in [0.3, 0.4) is 0 Å². The first kappa shape index (κ1) is 17.2. The van der Waals surface area contributed by atoms with E-state index in [0.717, 1.165) is 28.6 Å². The standard InChI is InChI=1S/C24H22N2O/c1-2-20(19-13-7-4-8-14-19)23-24(27)26(17-18-11-5-3-6-12-18)22-16-10-9-15-21(22)25-23/h3-16,20H,2,17H2,1H3. The van der Waals surface area contributed by atoms with Crippen LogP contribution in [0.2, 0.25) is 0 Å². The fourth-order valence-electron chi connectivity index (χ4n) is 3.63. The lowest BCUT2D eigenvalue weighted by Crippen LogP contribution is -2.28. The summed E-state index contributed by atoms with van der Waals surface area (Å²) in [4.78, 5) is 18.3. The number of fused-ring (bicyclic) bond motifs is 1. The number of nitrogens with zero attached hydrogens (tertiary/aromatic N) is 2. The average molecular weight is 354 g/mol. The maximum atomic E-state index is 13.5. The molecule has 0 amide bonds. The summed E-state index contributed by atoms with van der Waals surface area (Å²) in [5, 5.41) is 0. The third-order valence-electron chi connectivity index (χ3n) is 5.00. The van der Waals surface area contributed by atoms with Crippen LogP contribution >= 0.6 is 0 Å². The molecule has 0 fully saturated rings. The first-order valence-electron chi connectivity index (χ1n) is 9.36. The van der Waals surface area contributed by atoms with Crippen molar-refractivity contribution < 1.29 is 0 Å². The first-order chi connectivity index (χ1) is 13.3. The Morgan fingerprint density at radius 1 is 0.852 bits per heavy atom. The number of hydrogen-bond acceptors (Lipinski definition) is 2. The lowest BCUT2D eigenvalue weighted by molar-refractivity contribution is 0.698. The van der Waals surface area contributed by atoms with E-state index in [1.807, 2.05) is 65.2 Å². The number of para-hydroxylation sites is 2. The van der Waals surface area contributed by atoms with E-state index in [4.69, 9.17) is 4.98 Å². The summed E-state index contributed by atoms with van der Waals surface area (Å²) in [5.41, 5.74) is 4.59. The van der Waals surface area contributed by atoms with Crippen molar-refractivity contribution in [1.29, 1.82) is 0 Å². The fourth-order valence-corrected chi connectivity index (χ4v) is 3.63. The normalized spacial score (nSPS) is 12.2. The van der Waals surface area contributed by atoms with Gasteiger partial charge in [-0.1, -0.05) is 79.7 Å². The molecule has 1 heterocycles.